The number of likely N-dealkylation sites (tertiary alicyclic amines) is 1. The number of nitrogens with zero attached hydrogens (tertiary/aromatic N) is 1. The number of carbonyl (C=O) groups excluding carboxylic acids is 4. The summed E-state index contributed by atoms with van der Waals surface area (Å²) in [5.74, 6) is -1.48. The first-order valence-corrected chi connectivity index (χ1v) is 13.2. The fourth-order valence-corrected chi connectivity index (χ4v) is 5.71. The molecular weight excluding hydrogens is 498 g/mol. The highest BCUT2D eigenvalue weighted by molar-refractivity contribution is 6.02. The molecule has 0 bridgehead atoms. The van der Waals surface area contributed by atoms with Crippen LogP contribution in [-0.4, -0.2) is 65.8 Å². The van der Waals surface area contributed by atoms with E-state index in [1.54, 1.807) is 18.1 Å². The summed E-state index contributed by atoms with van der Waals surface area (Å²) in [4.78, 5) is 56.7. The summed E-state index contributed by atoms with van der Waals surface area (Å²) in [5, 5.41) is 6.33. The van der Waals surface area contributed by atoms with Gasteiger partial charge in [0.2, 0.25) is 17.7 Å². The highest BCUT2D eigenvalue weighted by Crippen LogP contribution is 2.34. The van der Waals surface area contributed by atoms with Crippen molar-refractivity contribution in [2.75, 3.05) is 20.2 Å². The number of carbonyl (C=O) groups is 4. The third kappa shape index (κ3) is 5.45. The molecule has 5 N–H and O–H groups in total. The first kappa shape index (κ1) is 26.3. The molecule has 3 aromatic rings. The Morgan fingerprint density at radius 2 is 1.95 bits per heavy atom. The number of hydrogen-bond acceptors (Lipinski definition) is 5. The zero-order valence-electron chi connectivity index (χ0n) is 21.8. The fourth-order valence-electron chi connectivity index (χ4n) is 5.71. The van der Waals surface area contributed by atoms with E-state index in [0.717, 1.165) is 22.9 Å². The van der Waals surface area contributed by atoms with Gasteiger partial charge in [0.25, 0.3) is 5.91 Å². The number of amides is 4. The number of methoxy groups -OCH3 is 1. The molecule has 10 nitrogen and oxygen atoms in total. The lowest BCUT2D eigenvalue weighted by Crippen LogP contribution is -2.53. The molecule has 0 radical (unpaired) electrons. The monoisotopic (exact) mass is 531 g/mol. The number of benzene rings is 2. The number of piperidine rings is 1. The van der Waals surface area contributed by atoms with Crippen LogP contribution < -0.4 is 21.1 Å². The minimum absolute atomic E-state index is 0.0686. The van der Waals surface area contributed by atoms with E-state index in [2.05, 4.69) is 15.6 Å². The van der Waals surface area contributed by atoms with Crippen LogP contribution >= 0.6 is 0 Å². The lowest BCUT2D eigenvalue weighted by Gasteiger charge is -2.28. The van der Waals surface area contributed by atoms with Crippen LogP contribution in [0, 0.1) is 5.92 Å². The Labute approximate surface area is 226 Å². The van der Waals surface area contributed by atoms with Gasteiger partial charge in [-0.25, -0.2) is 0 Å². The molecule has 10 heteroatoms. The molecule has 2 fully saturated rings. The van der Waals surface area contributed by atoms with E-state index in [1.807, 2.05) is 48.5 Å². The normalized spacial score (nSPS) is 21.8. The SMILES string of the molecule is COc1cccc2[nH]c(C(=O)N3C[C@H](c4ccccc4)C[C@H]3C(=O)N[C@@H](C[C@@H]3CCCNC3=O)C(N)=O)cc12. The molecule has 4 amide bonds. The smallest absolute Gasteiger partial charge is 0.271 e. The van der Waals surface area contributed by atoms with E-state index >= 15 is 0 Å². The van der Waals surface area contributed by atoms with Gasteiger partial charge in [0.05, 0.1) is 7.11 Å². The lowest BCUT2D eigenvalue weighted by atomic mass is 9.91. The Bertz CT molecular complexity index is 1390. The van der Waals surface area contributed by atoms with Crippen molar-refractivity contribution in [2.45, 2.75) is 43.7 Å². The number of nitrogens with one attached hydrogen (secondary N) is 3. The maximum atomic E-state index is 13.8. The summed E-state index contributed by atoms with van der Waals surface area (Å²) >= 11 is 0. The Morgan fingerprint density at radius 3 is 2.67 bits per heavy atom. The van der Waals surface area contributed by atoms with Crippen molar-refractivity contribution >= 4 is 34.5 Å². The van der Waals surface area contributed by atoms with Crippen LogP contribution in [0.2, 0.25) is 0 Å². The van der Waals surface area contributed by atoms with Gasteiger partial charge in [0.15, 0.2) is 0 Å². The Morgan fingerprint density at radius 1 is 1.15 bits per heavy atom. The van der Waals surface area contributed by atoms with Crippen LogP contribution in [0.3, 0.4) is 0 Å². The van der Waals surface area contributed by atoms with Crippen LogP contribution in [-0.2, 0) is 14.4 Å². The second-order valence-corrected chi connectivity index (χ2v) is 10.3. The summed E-state index contributed by atoms with van der Waals surface area (Å²) in [5.41, 5.74) is 7.75. The molecule has 2 aliphatic rings. The van der Waals surface area contributed by atoms with Crippen LogP contribution in [0.4, 0.5) is 0 Å². The zero-order chi connectivity index (χ0) is 27.5. The molecule has 2 aromatic carbocycles. The summed E-state index contributed by atoms with van der Waals surface area (Å²) in [6.07, 6.45) is 1.94. The molecule has 3 heterocycles. The zero-order valence-corrected chi connectivity index (χ0v) is 21.8. The third-order valence-electron chi connectivity index (χ3n) is 7.79. The van der Waals surface area contributed by atoms with Crippen molar-refractivity contribution in [1.82, 2.24) is 20.5 Å². The molecule has 0 unspecified atom stereocenters. The van der Waals surface area contributed by atoms with Gasteiger partial charge in [0.1, 0.15) is 23.5 Å². The van der Waals surface area contributed by atoms with E-state index in [9.17, 15) is 19.2 Å². The number of primary amides is 1. The summed E-state index contributed by atoms with van der Waals surface area (Å²) in [7, 11) is 1.57. The van der Waals surface area contributed by atoms with Gasteiger partial charge in [0, 0.05) is 35.8 Å². The number of hydrogen-bond donors (Lipinski definition) is 4. The van der Waals surface area contributed by atoms with Crippen LogP contribution in [0.5, 0.6) is 5.75 Å². The Kier molecular flexibility index (Phi) is 7.53. The quantitative estimate of drug-likeness (QED) is 0.351. The molecule has 2 aliphatic heterocycles. The highest BCUT2D eigenvalue weighted by Gasteiger charge is 2.42. The number of aromatic nitrogens is 1. The van der Waals surface area contributed by atoms with Gasteiger partial charge in [-0.3, -0.25) is 19.2 Å². The van der Waals surface area contributed by atoms with Gasteiger partial charge >= 0.3 is 0 Å². The van der Waals surface area contributed by atoms with E-state index < -0.39 is 29.8 Å². The topological polar surface area (TPSA) is 147 Å². The minimum atomic E-state index is -1.02. The summed E-state index contributed by atoms with van der Waals surface area (Å²) in [6.45, 7) is 0.933. The number of aromatic amines is 1. The number of ether oxygens (including phenoxy) is 1. The van der Waals surface area contributed by atoms with Gasteiger partial charge in [-0.1, -0.05) is 36.4 Å². The second kappa shape index (κ2) is 11.2. The maximum Gasteiger partial charge on any atom is 0.271 e. The first-order valence-electron chi connectivity index (χ1n) is 13.2. The molecule has 1 aromatic heterocycles. The van der Waals surface area contributed by atoms with E-state index in [1.165, 1.54) is 0 Å². The van der Waals surface area contributed by atoms with Crippen LogP contribution in [0.1, 0.15) is 47.7 Å². The number of nitrogens with two attached hydrogens (primary N) is 1. The Hall–Kier alpha value is -4.34. The Balaban J connectivity index is 1.40. The molecular formula is C29H33N5O5. The molecule has 0 aliphatic carbocycles. The van der Waals surface area contributed by atoms with Crippen molar-refractivity contribution in [2.24, 2.45) is 11.7 Å². The summed E-state index contributed by atoms with van der Waals surface area (Å²) < 4.78 is 5.44. The minimum Gasteiger partial charge on any atom is -0.496 e. The number of rotatable bonds is 8. The molecule has 5 rings (SSSR count). The van der Waals surface area contributed by atoms with Gasteiger partial charge in [-0.2, -0.15) is 0 Å². The van der Waals surface area contributed by atoms with Crippen LogP contribution in [0.25, 0.3) is 10.9 Å². The molecule has 0 spiro atoms. The van der Waals surface area contributed by atoms with Crippen molar-refractivity contribution < 1.29 is 23.9 Å². The largest absolute Gasteiger partial charge is 0.496 e. The van der Waals surface area contributed by atoms with Crippen molar-refractivity contribution in [3.05, 3.63) is 65.9 Å². The van der Waals surface area contributed by atoms with Gasteiger partial charge < -0.3 is 31.0 Å². The molecule has 2 saturated heterocycles. The molecule has 39 heavy (non-hydrogen) atoms. The van der Waals surface area contributed by atoms with E-state index in [4.69, 9.17) is 10.5 Å². The molecule has 0 saturated carbocycles. The number of fused-ring (bicyclic) bond motifs is 1. The predicted molar refractivity (Wildman–Crippen MR) is 145 cm³/mol. The maximum absolute atomic E-state index is 13.8. The average Bonchev–Trinajstić information content (AvgIpc) is 3.59. The summed E-state index contributed by atoms with van der Waals surface area (Å²) in [6, 6.07) is 15.1. The third-order valence-corrected chi connectivity index (χ3v) is 7.79. The van der Waals surface area contributed by atoms with E-state index in [0.29, 0.717) is 37.4 Å². The highest BCUT2D eigenvalue weighted by atomic mass is 16.5. The van der Waals surface area contributed by atoms with Crippen molar-refractivity contribution in [3.63, 3.8) is 0 Å². The number of H-pyrrole nitrogens is 1. The first-order chi connectivity index (χ1) is 18.9. The average molecular weight is 532 g/mol. The van der Waals surface area contributed by atoms with Gasteiger partial charge in [-0.15, -0.1) is 0 Å². The standard InChI is InChI=1S/C29H33N5O5/c1-39-25-11-5-10-21-20(25)15-23(32-21)29(38)34-16-19(17-7-3-2-4-8-17)14-24(34)28(37)33-22(26(30)35)13-18-9-6-12-31-27(18)36/h2-5,7-8,10-11,15,18-19,22,24,32H,6,9,12-14,16H2,1H3,(H2,30,35)(H,31,36)(H,33,37)/t18-,19+,22-,24-/m0/s1. The van der Waals surface area contributed by atoms with Crippen molar-refractivity contribution in [1.29, 1.82) is 0 Å². The fraction of sp³-hybridized carbons (Fsp3) is 0.379. The predicted octanol–water partition coefficient (Wildman–Crippen LogP) is 2.06. The molecule has 4 atom stereocenters. The van der Waals surface area contributed by atoms with Crippen LogP contribution in [0.15, 0.2) is 54.6 Å². The van der Waals surface area contributed by atoms with E-state index in [-0.39, 0.29) is 24.2 Å². The second-order valence-electron chi connectivity index (χ2n) is 10.3. The molecule has 204 valence electrons. The lowest BCUT2D eigenvalue weighted by molar-refractivity contribution is -0.132. The van der Waals surface area contributed by atoms with Crippen molar-refractivity contribution in [3.8, 4) is 5.75 Å². The van der Waals surface area contributed by atoms with Gasteiger partial charge in [-0.05, 0) is 49.4 Å².